The molecule has 0 aliphatic carbocycles. The first-order chi connectivity index (χ1) is 11.0. The fourth-order valence-corrected chi connectivity index (χ4v) is 2.92. The molecular weight excluding hydrogens is 318 g/mol. The van der Waals surface area contributed by atoms with E-state index in [-0.39, 0.29) is 16.7 Å². The van der Waals surface area contributed by atoms with E-state index in [1.807, 2.05) is 19.1 Å². The molecule has 24 heavy (non-hydrogen) atoms. The molecule has 0 fully saturated rings. The Morgan fingerprint density at radius 1 is 1.00 bits per heavy atom. The van der Waals surface area contributed by atoms with Gasteiger partial charge in [-0.05, 0) is 40.5 Å². The standard InChI is InChI=1S/C19H27N3OS/c1-8-15-21-22-17(24-15)20-16(23)12-9-13(18(2,3)4)11-14(10-12)19(5,6)7/h9-11H,8H2,1-7H3,(H,20,22,23). The van der Waals surface area contributed by atoms with Gasteiger partial charge in [-0.25, -0.2) is 0 Å². The van der Waals surface area contributed by atoms with Gasteiger partial charge in [-0.15, -0.1) is 10.2 Å². The predicted octanol–water partition coefficient (Wildman–Crippen LogP) is 4.95. The number of benzene rings is 1. The molecule has 4 nitrogen and oxygen atoms in total. The smallest absolute Gasteiger partial charge is 0.257 e. The van der Waals surface area contributed by atoms with E-state index in [0.29, 0.717) is 10.7 Å². The molecule has 2 aromatic rings. The second-order valence-corrected chi connectivity index (χ2v) is 9.17. The summed E-state index contributed by atoms with van der Waals surface area (Å²) >= 11 is 1.42. The van der Waals surface area contributed by atoms with Crippen molar-refractivity contribution in [3.63, 3.8) is 0 Å². The van der Waals surface area contributed by atoms with Gasteiger partial charge in [0, 0.05) is 5.56 Å². The largest absolute Gasteiger partial charge is 0.296 e. The van der Waals surface area contributed by atoms with Crippen LogP contribution >= 0.6 is 11.3 Å². The van der Waals surface area contributed by atoms with Crippen LogP contribution in [0.4, 0.5) is 5.13 Å². The number of anilines is 1. The van der Waals surface area contributed by atoms with Crippen molar-refractivity contribution in [2.45, 2.75) is 65.7 Å². The van der Waals surface area contributed by atoms with Gasteiger partial charge in [-0.3, -0.25) is 10.1 Å². The molecule has 0 atom stereocenters. The Bertz CT molecular complexity index is 704. The summed E-state index contributed by atoms with van der Waals surface area (Å²) in [7, 11) is 0. The Morgan fingerprint density at radius 2 is 1.54 bits per heavy atom. The summed E-state index contributed by atoms with van der Waals surface area (Å²) in [6.45, 7) is 15.0. The van der Waals surface area contributed by atoms with Crippen LogP contribution in [0.25, 0.3) is 0 Å². The lowest BCUT2D eigenvalue weighted by Crippen LogP contribution is -2.20. The summed E-state index contributed by atoms with van der Waals surface area (Å²) in [5.74, 6) is -0.134. The van der Waals surface area contributed by atoms with Crippen LogP contribution in [0.2, 0.25) is 0 Å². The van der Waals surface area contributed by atoms with Gasteiger partial charge in [0.1, 0.15) is 5.01 Å². The van der Waals surface area contributed by atoms with Crippen LogP contribution < -0.4 is 5.32 Å². The fraction of sp³-hybridized carbons (Fsp3) is 0.526. The molecular formula is C19H27N3OS. The highest BCUT2D eigenvalue weighted by molar-refractivity contribution is 7.15. The lowest BCUT2D eigenvalue weighted by Gasteiger charge is -2.26. The Labute approximate surface area is 148 Å². The number of amides is 1. The van der Waals surface area contributed by atoms with Crippen LogP contribution in [0.1, 0.15) is 75.0 Å². The first-order valence-corrected chi connectivity index (χ1v) is 9.12. The molecule has 1 aromatic heterocycles. The highest BCUT2D eigenvalue weighted by Crippen LogP contribution is 2.30. The summed E-state index contributed by atoms with van der Waals surface area (Å²) < 4.78 is 0. The van der Waals surface area contributed by atoms with Gasteiger partial charge < -0.3 is 0 Å². The van der Waals surface area contributed by atoms with Crippen molar-refractivity contribution in [3.05, 3.63) is 39.9 Å². The van der Waals surface area contributed by atoms with Crippen LogP contribution in [-0.4, -0.2) is 16.1 Å². The molecule has 0 saturated carbocycles. The molecule has 1 N–H and O–H groups in total. The molecule has 5 heteroatoms. The number of rotatable bonds is 3. The maximum absolute atomic E-state index is 12.7. The van der Waals surface area contributed by atoms with E-state index in [1.54, 1.807) is 0 Å². The van der Waals surface area contributed by atoms with Crippen LogP contribution in [0.3, 0.4) is 0 Å². The monoisotopic (exact) mass is 345 g/mol. The number of nitrogens with one attached hydrogen (secondary N) is 1. The maximum atomic E-state index is 12.7. The van der Waals surface area contributed by atoms with Gasteiger partial charge in [0.15, 0.2) is 0 Å². The summed E-state index contributed by atoms with van der Waals surface area (Å²) in [4.78, 5) is 12.7. The van der Waals surface area contributed by atoms with Gasteiger partial charge in [0.25, 0.3) is 5.91 Å². The Kier molecular flexibility index (Phi) is 5.14. The molecule has 130 valence electrons. The normalized spacial score (nSPS) is 12.3. The van der Waals surface area contributed by atoms with Crippen LogP contribution in [0.5, 0.6) is 0 Å². The van der Waals surface area contributed by atoms with Crippen molar-refractivity contribution in [1.29, 1.82) is 0 Å². The van der Waals surface area contributed by atoms with Crippen molar-refractivity contribution < 1.29 is 4.79 Å². The molecule has 1 aromatic carbocycles. The van der Waals surface area contributed by atoms with E-state index in [2.05, 4.69) is 63.1 Å². The third-order valence-electron chi connectivity index (χ3n) is 3.92. The van der Waals surface area contributed by atoms with Crippen LogP contribution in [0, 0.1) is 0 Å². The number of carbonyl (C=O) groups excluding carboxylic acids is 1. The minimum absolute atomic E-state index is 0.0194. The summed E-state index contributed by atoms with van der Waals surface area (Å²) in [6, 6.07) is 6.16. The maximum Gasteiger partial charge on any atom is 0.257 e. The SMILES string of the molecule is CCc1nnc(NC(=O)c2cc(C(C)(C)C)cc(C(C)(C)C)c2)s1. The van der Waals surface area contributed by atoms with Crippen molar-refractivity contribution in [3.8, 4) is 0 Å². The van der Waals surface area contributed by atoms with Crippen molar-refractivity contribution in [2.75, 3.05) is 5.32 Å². The van der Waals surface area contributed by atoms with E-state index < -0.39 is 0 Å². The molecule has 0 bridgehead atoms. The van der Waals surface area contributed by atoms with Crippen LogP contribution in [-0.2, 0) is 17.3 Å². The quantitative estimate of drug-likeness (QED) is 0.856. The average molecular weight is 346 g/mol. The zero-order valence-corrected chi connectivity index (χ0v) is 16.5. The number of aromatic nitrogens is 2. The van der Waals surface area contributed by atoms with Gasteiger partial charge in [-0.1, -0.05) is 65.9 Å². The first kappa shape index (κ1) is 18.6. The zero-order valence-electron chi connectivity index (χ0n) is 15.7. The second-order valence-electron chi connectivity index (χ2n) is 8.11. The molecule has 2 rings (SSSR count). The van der Waals surface area contributed by atoms with E-state index in [4.69, 9.17) is 0 Å². The van der Waals surface area contributed by atoms with Crippen LogP contribution in [0.15, 0.2) is 18.2 Å². The molecule has 0 saturated heterocycles. The highest BCUT2D eigenvalue weighted by Gasteiger charge is 2.22. The Balaban J connectivity index is 2.38. The second kappa shape index (κ2) is 6.63. The van der Waals surface area contributed by atoms with Gasteiger partial charge in [0.05, 0.1) is 0 Å². The van der Waals surface area contributed by atoms with Gasteiger partial charge >= 0.3 is 0 Å². The molecule has 0 aliphatic rings. The highest BCUT2D eigenvalue weighted by atomic mass is 32.1. The summed E-state index contributed by atoms with van der Waals surface area (Å²) in [6.07, 6.45) is 0.821. The Morgan fingerprint density at radius 3 is 1.96 bits per heavy atom. The van der Waals surface area contributed by atoms with Gasteiger partial charge in [-0.2, -0.15) is 0 Å². The van der Waals surface area contributed by atoms with Gasteiger partial charge in [0.2, 0.25) is 5.13 Å². The van der Waals surface area contributed by atoms with E-state index in [1.165, 1.54) is 11.3 Å². The van der Waals surface area contributed by atoms with E-state index in [0.717, 1.165) is 22.6 Å². The first-order valence-electron chi connectivity index (χ1n) is 8.30. The molecule has 0 spiro atoms. The molecule has 1 amide bonds. The third-order valence-corrected chi connectivity index (χ3v) is 4.90. The number of hydrogen-bond acceptors (Lipinski definition) is 4. The average Bonchev–Trinajstić information content (AvgIpc) is 2.92. The molecule has 0 aliphatic heterocycles. The number of hydrogen-bond donors (Lipinski definition) is 1. The minimum Gasteiger partial charge on any atom is -0.296 e. The Hall–Kier alpha value is -1.75. The lowest BCUT2D eigenvalue weighted by molar-refractivity contribution is 0.102. The third kappa shape index (κ3) is 4.41. The summed E-state index contributed by atoms with van der Waals surface area (Å²) in [5.41, 5.74) is 2.95. The zero-order chi connectivity index (χ0) is 18.1. The minimum atomic E-state index is -0.134. The number of aryl methyl sites for hydroxylation is 1. The van der Waals surface area contributed by atoms with Crippen molar-refractivity contribution in [1.82, 2.24) is 10.2 Å². The topological polar surface area (TPSA) is 54.9 Å². The van der Waals surface area contributed by atoms with Crippen molar-refractivity contribution in [2.24, 2.45) is 0 Å². The fourth-order valence-electron chi connectivity index (χ4n) is 2.24. The number of nitrogens with zero attached hydrogens (tertiary/aromatic N) is 2. The van der Waals surface area contributed by atoms with E-state index >= 15 is 0 Å². The predicted molar refractivity (Wildman–Crippen MR) is 101 cm³/mol. The molecule has 0 radical (unpaired) electrons. The molecule has 0 unspecified atom stereocenters. The van der Waals surface area contributed by atoms with Crippen molar-refractivity contribution >= 4 is 22.4 Å². The number of carbonyl (C=O) groups is 1. The molecule has 1 heterocycles. The summed E-state index contributed by atoms with van der Waals surface area (Å²) in [5, 5.41) is 12.4. The lowest BCUT2D eigenvalue weighted by atomic mass is 9.79. The van der Waals surface area contributed by atoms with E-state index in [9.17, 15) is 4.79 Å².